The van der Waals surface area contributed by atoms with Gasteiger partial charge in [-0.05, 0) is 31.0 Å². The van der Waals surface area contributed by atoms with E-state index in [-0.39, 0.29) is 16.6 Å². The Hall–Kier alpha value is -1.10. The molecule has 5 heteroatoms. The highest BCUT2D eigenvalue weighted by Crippen LogP contribution is 2.22. The number of halogens is 1. The van der Waals surface area contributed by atoms with Gasteiger partial charge in [0.15, 0.2) is 9.84 Å². The van der Waals surface area contributed by atoms with Crippen molar-refractivity contribution in [2.75, 3.05) is 11.6 Å². The van der Waals surface area contributed by atoms with Gasteiger partial charge in [-0.15, -0.1) is 0 Å². The average Bonchev–Trinajstić information content (AvgIpc) is 2.31. The predicted octanol–water partition coefficient (Wildman–Crippen LogP) is 3.61. The number of benzene rings is 1. The van der Waals surface area contributed by atoms with Crippen molar-refractivity contribution in [3.8, 4) is 0 Å². The van der Waals surface area contributed by atoms with E-state index in [1.165, 1.54) is 18.2 Å². The molecule has 19 heavy (non-hydrogen) atoms. The molecule has 108 valence electrons. The Bertz CT molecular complexity index is 508. The van der Waals surface area contributed by atoms with E-state index in [4.69, 9.17) is 0 Å². The molecule has 0 aliphatic carbocycles. The highest BCUT2D eigenvalue weighted by atomic mass is 32.2. The smallest absolute Gasteiger partial charge is 0.175 e. The second-order valence-corrected chi connectivity index (χ2v) is 6.85. The molecule has 0 heterocycles. The van der Waals surface area contributed by atoms with Crippen molar-refractivity contribution in [2.24, 2.45) is 0 Å². The van der Waals surface area contributed by atoms with Crippen molar-refractivity contribution in [3.63, 3.8) is 0 Å². The van der Waals surface area contributed by atoms with Gasteiger partial charge in [-0.3, -0.25) is 0 Å². The lowest BCUT2D eigenvalue weighted by Crippen LogP contribution is -2.20. The highest BCUT2D eigenvalue weighted by molar-refractivity contribution is 7.90. The monoisotopic (exact) mass is 287 g/mol. The topological polar surface area (TPSA) is 46.2 Å². The third-order valence-corrected chi connectivity index (χ3v) is 4.11. The predicted molar refractivity (Wildman–Crippen MR) is 76.7 cm³/mol. The van der Waals surface area contributed by atoms with Crippen LogP contribution in [0.5, 0.6) is 0 Å². The van der Waals surface area contributed by atoms with Gasteiger partial charge in [0, 0.05) is 12.3 Å². The minimum Gasteiger partial charge on any atom is -0.380 e. The number of anilines is 1. The summed E-state index contributed by atoms with van der Waals surface area (Å²) in [5.41, 5.74) is 0.273. The minimum atomic E-state index is -3.31. The highest BCUT2D eigenvalue weighted by Gasteiger charge is 2.14. The van der Waals surface area contributed by atoms with Gasteiger partial charge in [-0.2, -0.15) is 0 Å². The van der Waals surface area contributed by atoms with Crippen LogP contribution in [-0.4, -0.2) is 20.7 Å². The maximum Gasteiger partial charge on any atom is 0.175 e. The SMILES string of the molecule is CCCC(CCC)Nc1cc(S(C)(=O)=O)ccc1F. The summed E-state index contributed by atoms with van der Waals surface area (Å²) in [4.78, 5) is 0.142. The quantitative estimate of drug-likeness (QED) is 0.779. The Morgan fingerprint density at radius 3 is 2.26 bits per heavy atom. The number of rotatable bonds is 7. The first-order valence-corrected chi connectivity index (χ1v) is 8.53. The molecule has 1 rings (SSSR count). The van der Waals surface area contributed by atoms with Crippen LogP contribution in [0.4, 0.5) is 10.1 Å². The molecule has 0 radical (unpaired) electrons. The van der Waals surface area contributed by atoms with Crippen molar-refractivity contribution < 1.29 is 12.8 Å². The second kappa shape index (κ2) is 6.89. The summed E-state index contributed by atoms with van der Waals surface area (Å²) in [6, 6.07) is 4.06. The maximum absolute atomic E-state index is 13.7. The zero-order chi connectivity index (χ0) is 14.5. The molecule has 1 aromatic carbocycles. The summed E-state index contributed by atoms with van der Waals surface area (Å²) >= 11 is 0. The van der Waals surface area contributed by atoms with E-state index in [2.05, 4.69) is 19.2 Å². The van der Waals surface area contributed by atoms with Crippen molar-refractivity contribution >= 4 is 15.5 Å². The lowest BCUT2D eigenvalue weighted by atomic mass is 10.1. The van der Waals surface area contributed by atoms with Crippen LogP contribution in [0.25, 0.3) is 0 Å². The molecule has 0 aromatic heterocycles. The molecule has 0 bridgehead atoms. The average molecular weight is 287 g/mol. The first-order valence-electron chi connectivity index (χ1n) is 6.64. The van der Waals surface area contributed by atoms with Crippen molar-refractivity contribution in [2.45, 2.75) is 50.5 Å². The van der Waals surface area contributed by atoms with Gasteiger partial charge >= 0.3 is 0 Å². The Kier molecular flexibility index (Phi) is 5.79. The Morgan fingerprint density at radius 1 is 1.21 bits per heavy atom. The number of sulfone groups is 1. The van der Waals surface area contributed by atoms with Crippen LogP contribution in [0, 0.1) is 5.82 Å². The van der Waals surface area contributed by atoms with E-state index in [1.54, 1.807) is 0 Å². The van der Waals surface area contributed by atoms with E-state index in [0.717, 1.165) is 31.9 Å². The minimum absolute atomic E-state index is 0.142. The molecule has 0 spiro atoms. The normalized spacial score (nSPS) is 11.8. The number of nitrogens with one attached hydrogen (secondary N) is 1. The summed E-state index contributed by atoms with van der Waals surface area (Å²) in [6.07, 6.45) is 5.02. The molecule has 0 saturated carbocycles. The summed E-state index contributed by atoms with van der Waals surface area (Å²) in [6.45, 7) is 4.15. The largest absolute Gasteiger partial charge is 0.380 e. The van der Waals surface area contributed by atoms with Crippen molar-refractivity contribution in [1.29, 1.82) is 0 Å². The maximum atomic E-state index is 13.7. The molecular formula is C14H22FNO2S. The summed E-state index contributed by atoms with van der Waals surface area (Å²) in [5.74, 6) is -0.412. The second-order valence-electron chi connectivity index (χ2n) is 4.83. The van der Waals surface area contributed by atoms with Crippen molar-refractivity contribution in [1.82, 2.24) is 0 Å². The molecule has 0 amide bonds. The van der Waals surface area contributed by atoms with E-state index >= 15 is 0 Å². The van der Waals surface area contributed by atoms with E-state index in [9.17, 15) is 12.8 Å². The van der Waals surface area contributed by atoms with Gasteiger partial charge in [-0.25, -0.2) is 12.8 Å². The van der Waals surface area contributed by atoms with Crippen LogP contribution in [-0.2, 0) is 9.84 Å². The molecule has 1 N–H and O–H groups in total. The Morgan fingerprint density at radius 2 is 1.79 bits per heavy atom. The van der Waals surface area contributed by atoms with Crippen LogP contribution in [0.1, 0.15) is 39.5 Å². The number of hydrogen-bond acceptors (Lipinski definition) is 3. The zero-order valence-corrected chi connectivity index (χ0v) is 12.6. The van der Waals surface area contributed by atoms with Gasteiger partial charge in [0.2, 0.25) is 0 Å². The van der Waals surface area contributed by atoms with Gasteiger partial charge in [0.1, 0.15) is 5.82 Å². The van der Waals surface area contributed by atoms with E-state index in [0.29, 0.717) is 0 Å². The lowest BCUT2D eigenvalue weighted by molar-refractivity contribution is 0.573. The van der Waals surface area contributed by atoms with Crippen LogP contribution >= 0.6 is 0 Å². The summed E-state index contributed by atoms with van der Waals surface area (Å²) in [7, 11) is -3.31. The van der Waals surface area contributed by atoms with Gasteiger partial charge < -0.3 is 5.32 Å². The molecule has 3 nitrogen and oxygen atoms in total. The summed E-state index contributed by atoms with van der Waals surface area (Å²) in [5, 5.41) is 3.12. The lowest BCUT2D eigenvalue weighted by Gasteiger charge is -2.19. The van der Waals surface area contributed by atoms with Gasteiger partial charge in [0.05, 0.1) is 10.6 Å². The van der Waals surface area contributed by atoms with Crippen LogP contribution in [0.3, 0.4) is 0 Å². The first-order chi connectivity index (χ1) is 8.88. The third-order valence-electron chi connectivity index (χ3n) is 3.00. The molecule has 0 atom stereocenters. The van der Waals surface area contributed by atoms with E-state index in [1.807, 2.05) is 0 Å². The molecule has 0 aliphatic heterocycles. The molecule has 0 unspecified atom stereocenters. The van der Waals surface area contributed by atoms with E-state index < -0.39 is 15.7 Å². The standard InChI is InChI=1S/C14H22FNO2S/c1-4-6-11(7-5-2)16-14-10-12(19(3,17)18)8-9-13(14)15/h8-11,16H,4-7H2,1-3H3. The molecular weight excluding hydrogens is 265 g/mol. The third kappa shape index (κ3) is 4.82. The fraction of sp³-hybridized carbons (Fsp3) is 0.571. The molecule has 0 aliphatic rings. The fourth-order valence-electron chi connectivity index (χ4n) is 2.05. The Balaban J connectivity index is 2.98. The van der Waals surface area contributed by atoms with Crippen LogP contribution in [0.2, 0.25) is 0 Å². The molecule has 0 saturated heterocycles. The van der Waals surface area contributed by atoms with Crippen LogP contribution < -0.4 is 5.32 Å². The number of hydrogen-bond donors (Lipinski definition) is 1. The van der Waals surface area contributed by atoms with Crippen molar-refractivity contribution in [3.05, 3.63) is 24.0 Å². The molecule has 1 aromatic rings. The van der Waals surface area contributed by atoms with Gasteiger partial charge in [-0.1, -0.05) is 26.7 Å². The summed E-state index contributed by atoms with van der Waals surface area (Å²) < 4.78 is 36.7. The van der Waals surface area contributed by atoms with Gasteiger partial charge in [0.25, 0.3) is 0 Å². The molecule has 0 fully saturated rings. The van der Waals surface area contributed by atoms with Crippen LogP contribution in [0.15, 0.2) is 23.1 Å². The zero-order valence-electron chi connectivity index (χ0n) is 11.7. The fourth-order valence-corrected chi connectivity index (χ4v) is 2.70. The first kappa shape index (κ1) is 16.0. The Labute approximate surface area is 115 Å².